The lowest BCUT2D eigenvalue weighted by Crippen LogP contribution is -2.26. The third-order valence-electron chi connectivity index (χ3n) is 2.38. The van der Waals surface area contributed by atoms with Crippen molar-refractivity contribution >= 4 is 0 Å². The Hall–Kier alpha value is -1.49. The molecule has 0 aliphatic heterocycles. The first kappa shape index (κ1) is 15.6. The molecule has 2 nitrogen and oxygen atoms in total. The summed E-state index contributed by atoms with van der Waals surface area (Å²) in [6.07, 6.45) is -4.41. The van der Waals surface area contributed by atoms with E-state index in [2.05, 4.69) is 11.9 Å². The van der Waals surface area contributed by atoms with Gasteiger partial charge in [-0.05, 0) is 17.7 Å². The number of halogens is 3. The Bertz CT molecular complexity index is 427. The molecule has 1 rings (SSSR count). The van der Waals surface area contributed by atoms with Crippen LogP contribution in [-0.4, -0.2) is 19.2 Å². The van der Waals surface area contributed by atoms with E-state index in [0.29, 0.717) is 18.2 Å². The van der Waals surface area contributed by atoms with E-state index in [1.807, 2.05) is 13.8 Å². The van der Waals surface area contributed by atoms with Crippen molar-refractivity contribution in [1.29, 1.82) is 0 Å². The number of benzene rings is 1. The lowest BCUT2D eigenvalue weighted by Gasteiger charge is -2.15. The van der Waals surface area contributed by atoms with E-state index < -0.39 is 11.7 Å². The van der Waals surface area contributed by atoms with Gasteiger partial charge >= 0.3 is 6.18 Å². The van der Waals surface area contributed by atoms with Crippen LogP contribution in [0.4, 0.5) is 13.2 Å². The predicted octanol–water partition coefficient (Wildman–Crippen LogP) is 3.64. The van der Waals surface area contributed by atoms with Gasteiger partial charge in [0.25, 0.3) is 0 Å². The van der Waals surface area contributed by atoms with Crippen LogP contribution in [0.15, 0.2) is 36.4 Å². The van der Waals surface area contributed by atoms with Crippen LogP contribution in [-0.2, 0) is 6.18 Å². The minimum Gasteiger partial charge on any atom is -0.489 e. The molecule has 0 spiro atoms. The predicted molar refractivity (Wildman–Crippen MR) is 69.2 cm³/mol. The largest absolute Gasteiger partial charge is 0.489 e. The van der Waals surface area contributed by atoms with Crippen molar-refractivity contribution in [2.45, 2.75) is 26.1 Å². The van der Waals surface area contributed by atoms with Gasteiger partial charge in [-0.3, -0.25) is 0 Å². The van der Waals surface area contributed by atoms with Crippen LogP contribution < -0.4 is 10.1 Å². The minimum atomic E-state index is -4.41. The van der Waals surface area contributed by atoms with Crippen LogP contribution in [0.25, 0.3) is 0 Å². The molecule has 0 amide bonds. The average molecular weight is 273 g/mol. The normalized spacial score (nSPS) is 11.7. The fourth-order valence-corrected chi connectivity index (χ4v) is 1.41. The molecule has 0 fully saturated rings. The molecule has 5 heteroatoms. The smallest absolute Gasteiger partial charge is 0.419 e. The summed E-state index contributed by atoms with van der Waals surface area (Å²) in [6, 6.07) is 5.46. The highest BCUT2D eigenvalue weighted by atomic mass is 19.4. The van der Waals surface area contributed by atoms with Gasteiger partial charge in [-0.2, -0.15) is 13.2 Å². The van der Waals surface area contributed by atoms with E-state index in [-0.39, 0.29) is 12.4 Å². The first-order valence-electron chi connectivity index (χ1n) is 5.99. The van der Waals surface area contributed by atoms with Crippen molar-refractivity contribution in [2.24, 2.45) is 0 Å². The number of alkyl halides is 3. The molecule has 0 bridgehead atoms. The zero-order valence-corrected chi connectivity index (χ0v) is 11.1. The van der Waals surface area contributed by atoms with Gasteiger partial charge in [-0.1, -0.05) is 32.6 Å². The van der Waals surface area contributed by atoms with E-state index in [1.54, 1.807) is 0 Å². The second-order valence-electron chi connectivity index (χ2n) is 4.57. The molecule has 0 saturated carbocycles. The van der Waals surface area contributed by atoms with Gasteiger partial charge < -0.3 is 10.1 Å². The van der Waals surface area contributed by atoms with Crippen molar-refractivity contribution < 1.29 is 17.9 Å². The molecule has 0 aliphatic rings. The molecule has 0 saturated heterocycles. The molecule has 0 aromatic heterocycles. The van der Waals surface area contributed by atoms with Crippen LogP contribution in [0.1, 0.15) is 19.4 Å². The summed E-state index contributed by atoms with van der Waals surface area (Å²) < 4.78 is 43.3. The van der Waals surface area contributed by atoms with Gasteiger partial charge in [0, 0.05) is 12.6 Å². The monoisotopic (exact) mass is 273 g/mol. The first-order chi connectivity index (χ1) is 8.80. The number of para-hydroxylation sites is 1. The van der Waals surface area contributed by atoms with Gasteiger partial charge in [-0.25, -0.2) is 0 Å². The Morgan fingerprint density at radius 1 is 1.32 bits per heavy atom. The molecular weight excluding hydrogens is 255 g/mol. The third-order valence-corrected chi connectivity index (χ3v) is 2.38. The maximum absolute atomic E-state index is 12.7. The van der Waals surface area contributed by atoms with Crippen molar-refractivity contribution in [3.05, 3.63) is 42.0 Å². The van der Waals surface area contributed by atoms with E-state index in [9.17, 15) is 13.2 Å². The quantitative estimate of drug-likeness (QED) is 0.799. The SMILES string of the molecule is C=C(CNC(C)C)COc1ccccc1C(F)(F)F. The molecule has 1 N–H and O–H groups in total. The van der Waals surface area contributed by atoms with E-state index in [1.165, 1.54) is 18.2 Å². The standard InChI is InChI=1S/C14H18F3NO/c1-10(2)18-8-11(3)9-19-13-7-5-4-6-12(13)14(15,16)17/h4-7,10,18H,3,8-9H2,1-2H3. The number of nitrogens with one attached hydrogen (secondary N) is 1. The zero-order chi connectivity index (χ0) is 14.5. The van der Waals surface area contributed by atoms with E-state index in [4.69, 9.17) is 4.74 Å². The first-order valence-corrected chi connectivity index (χ1v) is 5.99. The molecule has 1 aromatic carbocycles. The summed E-state index contributed by atoms with van der Waals surface area (Å²) in [5.74, 6) is -0.166. The van der Waals surface area contributed by atoms with Crippen molar-refractivity contribution in [3.8, 4) is 5.75 Å². The second-order valence-corrected chi connectivity index (χ2v) is 4.57. The Balaban J connectivity index is 2.61. The second kappa shape index (κ2) is 6.61. The Kier molecular flexibility index (Phi) is 5.42. The maximum Gasteiger partial charge on any atom is 0.419 e. The highest BCUT2D eigenvalue weighted by Gasteiger charge is 2.33. The van der Waals surface area contributed by atoms with Gasteiger partial charge in [0.15, 0.2) is 0 Å². The molecule has 106 valence electrons. The average Bonchev–Trinajstić information content (AvgIpc) is 2.33. The third kappa shape index (κ3) is 5.34. The maximum atomic E-state index is 12.7. The summed E-state index contributed by atoms with van der Waals surface area (Å²) in [5, 5.41) is 3.12. The highest BCUT2D eigenvalue weighted by molar-refractivity contribution is 5.35. The van der Waals surface area contributed by atoms with Crippen molar-refractivity contribution in [3.63, 3.8) is 0 Å². The molecule has 0 aliphatic carbocycles. The molecule has 1 aromatic rings. The Labute approximate surface area is 111 Å². The van der Waals surface area contributed by atoms with E-state index in [0.717, 1.165) is 6.07 Å². The van der Waals surface area contributed by atoms with Crippen LogP contribution in [0.3, 0.4) is 0 Å². The molecule has 0 radical (unpaired) electrons. The van der Waals surface area contributed by atoms with Crippen LogP contribution in [0.2, 0.25) is 0 Å². The van der Waals surface area contributed by atoms with Crippen LogP contribution >= 0.6 is 0 Å². The molecule has 0 atom stereocenters. The Morgan fingerprint density at radius 2 is 1.95 bits per heavy atom. The fraction of sp³-hybridized carbons (Fsp3) is 0.429. The van der Waals surface area contributed by atoms with Crippen LogP contribution in [0.5, 0.6) is 5.75 Å². The van der Waals surface area contributed by atoms with Gasteiger partial charge in [-0.15, -0.1) is 0 Å². The summed E-state index contributed by atoms with van der Waals surface area (Å²) in [7, 11) is 0. The van der Waals surface area contributed by atoms with Crippen molar-refractivity contribution in [2.75, 3.05) is 13.2 Å². The lowest BCUT2D eigenvalue weighted by molar-refractivity contribution is -0.138. The topological polar surface area (TPSA) is 21.3 Å². The number of hydrogen-bond donors (Lipinski definition) is 1. The van der Waals surface area contributed by atoms with Gasteiger partial charge in [0.05, 0.1) is 5.56 Å². The zero-order valence-electron chi connectivity index (χ0n) is 11.1. The summed E-state index contributed by atoms with van der Waals surface area (Å²) in [4.78, 5) is 0. The highest BCUT2D eigenvalue weighted by Crippen LogP contribution is 2.35. The summed E-state index contributed by atoms with van der Waals surface area (Å²) >= 11 is 0. The van der Waals surface area contributed by atoms with E-state index >= 15 is 0 Å². The summed E-state index contributed by atoms with van der Waals surface area (Å²) in [5.41, 5.74) is -0.0645. The molecular formula is C14H18F3NO. The van der Waals surface area contributed by atoms with Gasteiger partial charge in [0.1, 0.15) is 12.4 Å². The lowest BCUT2D eigenvalue weighted by atomic mass is 10.2. The van der Waals surface area contributed by atoms with Crippen LogP contribution in [0, 0.1) is 0 Å². The molecule has 0 unspecified atom stereocenters. The number of rotatable bonds is 6. The van der Waals surface area contributed by atoms with Crippen molar-refractivity contribution in [1.82, 2.24) is 5.32 Å². The minimum absolute atomic E-state index is 0.0623. The molecule has 19 heavy (non-hydrogen) atoms. The Morgan fingerprint density at radius 3 is 2.53 bits per heavy atom. The van der Waals surface area contributed by atoms with Gasteiger partial charge in [0.2, 0.25) is 0 Å². The number of ether oxygens (including phenoxy) is 1. The summed E-state index contributed by atoms with van der Waals surface area (Å²) in [6.45, 7) is 8.31. The molecule has 0 heterocycles. The fourth-order valence-electron chi connectivity index (χ4n) is 1.41. The number of hydrogen-bond acceptors (Lipinski definition) is 2.